The lowest BCUT2D eigenvalue weighted by Crippen LogP contribution is -2.23. The maximum Gasteiger partial charge on any atom is 0.261 e. The number of ether oxygens (including phenoxy) is 1. The van der Waals surface area contributed by atoms with Gasteiger partial charge in [0.15, 0.2) is 0 Å². The van der Waals surface area contributed by atoms with Crippen LogP contribution in [-0.2, 0) is 13.0 Å². The molecule has 0 saturated carbocycles. The summed E-state index contributed by atoms with van der Waals surface area (Å²) in [7, 11) is 1.54. The van der Waals surface area contributed by atoms with Gasteiger partial charge in [-0.05, 0) is 30.2 Å². The Morgan fingerprint density at radius 2 is 2.00 bits per heavy atom. The molecule has 0 radical (unpaired) electrons. The highest BCUT2D eigenvalue weighted by Crippen LogP contribution is 2.26. The molecule has 1 aliphatic heterocycles. The van der Waals surface area contributed by atoms with E-state index in [0.717, 1.165) is 24.0 Å². The fourth-order valence-corrected chi connectivity index (χ4v) is 3.26. The topological polar surface area (TPSA) is 60.3 Å². The minimum absolute atomic E-state index is 0.146. The van der Waals surface area contributed by atoms with Crippen molar-refractivity contribution in [3.05, 3.63) is 70.0 Å². The van der Waals surface area contributed by atoms with Crippen LogP contribution in [0.5, 0.6) is 5.75 Å². The standard InChI is InChI=1S/C19H16N2O3/c1-24-16-8-3-2-7-15(16)20-19(23)14-11-21-10-9-12-5-4-6-13(17(12)21)18(14)22/h2-8,11H,9-10H2,1H3,(H,20,23). The smallest absolute Gasteiger partial charge is 0.261 e. The first-order valence-corrected chi connectivity index (χ1v) is 7.78. The van der Waals surface area contributed by atoms with Crippen molar-refractivity contribution in [3.63, 3.8) is 0 Å². The van der Waals surface area contributed by atoms with Crippen LogP contribution in [-0.4, -0.2) is 17.6 Å². The van der Waals surface area contributed by atoms with Gasteiger partial charge in [-0.3, -0.25) is 9.59 Å². The number of methoxy groups -OCH3 is 1. The second-order valence-electron chi connectivity index (χ2n) is 5.78. The summed E-state index contributed by atoms with van der Waals surface area (Å²) >= 11 is 0. The van der Waals surface area contributed by atoms with Gasteiger partial charge < -0.3 is 14.6 Å². The molecule has 0 bridgehead atoms. The van der Waals surface area contributed by atoms with E-state index >= 15 is 0 Å². The van der Waals surface area contributed by atoms with Crippen molar-refractivity contribution in [2.45, 2.75) is 13.0 Å². The van der Waals surface area contributed by atoms with Crippen LogP contribution < -0.4 is 15.5 Å². The van der Waals surface area contributed by atoms with Gasteiger partial charge >= 0.3 is 0 Å². The van der Waals surface area contributed by atoms with Gasteiger partial charge in [-0.2, -0.15) is 0 Å². The maximum atomic E-state index is 12.7. The van der Waals surface area contributed by atoms with Gasteiger partial charge in [0.25, 0.3) is 5.91 Å². The van der Waals surface area contributed by atoms with E-state index in [1.54, 1.807) is 30.5 Å². The normalized spacial score (nSPS) is 12.4. The summed E-state index contributed by atoms with van der Waals surface area (Å²) < 4.78 is 7.23. The lowest BCUT2D eigenvalue weighted by Gasteiger charge is -2.11. The summed E-state index contributed by atoms with van der Waals surface area (Å²) in [6, 6.07) is 12.8. The monoisotopic (exact) mass is 320 g/mol. The third-order valence-corrected chi connectivity index (χ3v) is 4.40. The van der Waals surface area contributed by atoms with E-state index in [0.29, 0.717) is 16.8 Å². The minimum Gasteiger partial charge on any atom is -0.495 e. The first-order valence-electron chi connectivity index (χ1n) is 7.78. The van der Waals surface area contributed by atoms with Crippen molar-refractivity contribution in [2.75, 3.05) is 12.4 Å². The first kappa shape index (κ1) is 14.5. The number of pyridine rings is 1. The lowest BCUT2D eigenvalue weighted by molar-refractivity contribution is 0.102. The van der Waals surface area contributed by atoms with Crippen molar-refractivity contribution in [3.8, 4) is 5.75 Å². The number of aromatic nitrogens is 1. The Balaban J connectivity index is 1.79. The molecule has 0 atom stereocenters. The predicted molar refractivity (Wildman–Crippen MR) is 92.9 cm³/mol. The van der Waals surface area contributed by atoms with Crippen LogP contribution in [0.4, 0.5) is 5.69 Å². The zero-order valence-corrected chi connectivity index (χ0v) is 13.2. The number of aryl methyl sites for hydroxylation is 2. The number of nitrogens with zero attached hydrogens (tertiary/aromatic N) is 1. The van der Waals surface area contributed by atoms with E-state index in [1.807, 2.05) is 22.8 Å². The Hall–Kier alpha value is -3.08. The number of amides is 1. The summed E-state index contributed by atoms with van der Waals surface area (Å²) in [4.78, 5) is 25.4. The van der Waals surface area contributed by atoms with Gasteiger partial charge in [-0.15, -0.1) is 0 Å². The Labute approximate surface area is 138 Å². The third kappa shape index (κ3) is 2.17. The van der Waals surface area contributed by atoms with Crippen LogP contribution in [0, 0.1) is 0 Å². The molecule has 3 aromatic rings. The van der Waals surface area contributed by atoms with Crippen LogP contribution in [0.3, 0.4) is 0 Å². The highest BCUT2D eigenvalue weighted by atomic mass is 16.5. The number of carbonyl (C=O) groups excluding carboxylic acids is 1. The van der Waals surface area contributed by atoms with E-state index in [1.165, 1.54) is 7.11 Å². The molecule has 120 valence electrons. The van der Waals surface area contributed by atoms with Crippen LogP contribution >= 0.6 is 0 Å². The van der Waals surface area contributed by atoms with Crippen LogP contribution in [0.25, 0.3) is 10.9 Å². The van der Waals surface area contributed by atoms with Gasteiger partial charge in [0.2, 0.25) is 5.43 Å². The number of hydrogen-bond donors (Lipinski definition) is 1. The first-order chi connectivity index (χ1) is 11.7. The molecule has 24 heavy (non-hydrogen) atoms. The molecule has 0 unspecified atom stereocenters. The van der Waals surface area contributed by atoms with Crippen molar-refractivity contribution < 1.29 is 9.53 Å². The van der Waals surface area contributed by atoms with Gasteiger partial charge in [0.05, 0.1) is 18.3 Å². The number of carbonyl (C=O) groups is 1. The average Bonchev–Trinajstić information content (AvgIpc) is 3.02. The molecule has 2 aromatic carbocycles. The molecule has 0 aliphatic carbocycles. The van der Waals surface area contributed by atoms with Gasteiger partial charge in [-0.25, -0.2) is 0 Å². The molecule has 2 heterocycles. The van der Waals surface area contributed by atoms with E-state index in [2.05, 4.69) is 5.32 Å². The number of rotatable bonds is 3. The number of hydrogen-bond acceptors (Lipinski definition) is 3. The lowest BCUT2D eigenvalue weighted by atomic mass is 10.1. The van der Waals surface area contributed by atoms with Crippen molar-refractivity contribution in [1.82, 2.24) is 4.57 Å². The molecule has 1 amide bonds. The van der Waals surface area contributed by atoms with Crippen molar-refractivity contribution >= 4 is 22.5 Å². The van der Waals surface area contributed by atoms with Crippen LogP contribution in [0.2, 0.25) is 0 Å². The van der Waals surface area contributed by atoms with E-state index in [9.17, 15) is 9.59 Å². The largest absolute Gasteiger partial charge is 0.495 e. The Morgan fingerprint density at radius 1 is 1.17 bits per heavy atom. The average molecular weight is 320 g/mol. The Morgan fingerprint density at radius 3 is 2.83 bits per heavy atom. The number of benzene rings is 2. The van der Waals surface area contributed by atoms with Crippen LogP contribution in [0.15, 0.2) is 53.5 Å². The molecule has 1 N–H and O–H groups in total. The number of nitrogens with one attached hydrogen (secondary N) is 1. The maximum absolute atomic E-state index is 12.7. The molecule has 4 rings (SSSR count). The molecular formula is C19H16N2O3. The molecule has 1 aromatic heterocycles. The molecule has 0 spiro atoms. The zero-order valence-electron chi connectivity index (χ0n) is 13.2. The predicted octanol–water partition coefficient (Wildman–Crippen LogP) is 2.82. The van der Waals surface area contributed by atoms with E-state index in [-0.39, 0.29) is 11.0 Å². The molecule has 5 nitrogen and oxygen atoms in total. The number of para-hydroxylation sites is 3. The quantitative estimate of drug-likeness (QED) is 0.807. The van der Waals surface area contributed by atoms with Gasteiger partial charge in [0, 0.05) is 18.1 Å². The summed E-state index contributed by atoms with van der Waals surface area (Å²) in [6.45, 7) is 0.783. The van der Waals surface area contributed by atoms with E-state index in [4.69, 9.17) is 4.74 Å². The van der Waals surface area contributed by atoms with Gasteiger partial charge in [-0.1, -0.05) is 24.3 Å². The Bertz CT molecular complexity index is 1020. The molecule has 1 aliphatic rings. The molecule has 5 heteroatoms. The van der Waals surface area contributed by atoms with Crippen molar-refractivity contribution in [1.29, 1.82) is 0 Å². The summed E-state index contributed by atoms with van der Waals surface area (Å²) in [5.41, 5.74) is 2.54. The highest BCUT2D eigenvalue weighted by Gasteiger charge is 2.20. The number of anilines is 1. The van der Waals surface area contributed by atoms with Crippen molar-refractivity contribution in [2.24, 2.45) is 0 Å². The molecule has 0 fully saturated rings. The third-order valence-electron chi connectivity index (χ3n) is 4.40. The SMILES string of the molecule is COc1ccccc1NC(=O)c1cn2c3c(cccc3c1=O)CC2. The van der Waals surface area contributed by atoms with Crippen LogP contribution in [0.1, 0.15) is 15.9 Å². The fourth-order valence-electron chi connectivity index (χ4n) is 3.26. The second kappa shape index (κ2) is 5.53. The fraction of sp³-hybridized carbons (Fsp3) is 0.158. The zero-order chi connectivity index (χ0) is 16.7. The molecular weight excluding hydrogens is 304 g/mol. The second-order valence-corrected chi connectivity index (χ2v) is 5.78. The minimum atomic E-state index is -0.424. The molecule has 0 saturated heterocycles. The summed E-state index contributed by atoms with van der Waals surface area (Å²) in [5.74, 6) is 0.131. The van der Waals surface area contributed by atoms with Gasteiger partial charge in [0.1, 0.15) is 11.3 Å². The Kier molecular flexibility index (Phi) is 3.34. The van der Waals surface area contributed by atoms with E-state index < -0.39 is 5.91 Å². The summed E-state index contributed by atoms with van der Waals surface area (Å²) in [5, 5.41) is 3.37. The summed E-state index contributed by atoms with van der Waals surface area (Å²) in [6.07, 6.45) is 2.54. The highest BCUT2D eigenvalue weighted by molar-refractivity contribution is 6.06.